The van der Waals surface area contributed by atoms with Crippen LogP contribution in [0, 0.1) is 0 Å². The van der Waals surface area contributed by atoms with E-state index in [4.69, 9.17) is 4.74 Å². The molecule has 1 nitrogen and oxygen atoms in total. The van der Waals surface area contributed by atoms with Crippen LogP contribution in [0.1, 0.15) is 12.0 Å². The summed E-state index contributed by atoms with van der Waals surface area (Å²) < 4.78 is 6.21. The number of thioether (sulfide) groups is 1. The quantitative estimate of drug-likeness (QED) is 0.739. The van der Waals surface area contributed by atoms with Crippen LogP contribution in [0.2, 0.25) is 19.6 Å². The maximum absolute atomic E-state index is 6.24. The molecule has 0 N–H and O–H groups in total. The van der Waals surface area contributed by atoms with Crippen LogP contribution in [-0.4, -0.2) is 20.4 Å². The van der Waals surface area contributed by atoms with Crippen LogP contribution in [0.3, 0.4) is 0 Å². The first-order valence-electron chi connectivity index (χ1n) is 5.90. The van der Waals surface area contributed by atoms with Gasteiger partial charge in [0.1, 0.15) is 12.6 Å². The van der Waals surface area contributed by atoms with Crippen molar-refractivity contribution in [3.05, 3.63) is 35.9 Å². The van der Waals surface area contributed by atoms with Gasteiger partial charge in [0.2, 0.25) is 0 Å². The smallest absolute Gasteiger partial charge is 0.125 e. The lowest BCUT2D eigenvalue weighted by Crippen LogP contribution is -2.51. The summed E-state index contributed by atoms with van der Waals surface area (Å²) in [5.41, 5.74) is 1.36. The molecule has 1 aromatic carbocycles. The largest absolute Gasteiger partial charge is 0.363 e. The van der Waals surface area contributed by atoms with E-state index in [1.165, 1.54) is 17.7 Å². The Morgan fingerprint density at radius 3 is 2.38 bits per heavy atom. The highest BCUT2D eigenvalue weighted by Gasteiger charge is 2.47. The van der Waals surface area contributed by atoms with Gasteiger partial charge in [0.15, 0.2) is 0 Å². The number of benzene rings is 1. The standard InChI is InChI=1S/C13H20OSSi/c1-16(2,3)13(14-10-7-11-15-13)12-8-5-4-6-9-12/h4-6,8-9H,7,10-11H2,1-3H3. The van der Waals surface area contributed by atoms with Gasteiger partial charge in [0.25, 0.3) is 0 Å². The number of ether oxygens (including phenoxy) is 1. The molecule has 0 aliphatic carbocycles. The minimum atomic E-state index is -1.41. The molecule has 88 valence electrons. The van der Waals surface area contributed by atoms with Crippen LogP contribution in [0.25, 0.3) is 0 Å². The third-order valence-corrected chi connectivity index (χ3v) is 8.97. The summed E-state index contributed by atoms with van der Waals surface area (Å²) in [5.74, 6) is 1.22. The minimum Gasteiger partial charge on any atom is -0.363 e. The molecular formula is C13H20OSSi. The molecule has 1 aromatic rings. The molecular weight excluding hydrogens is 232 g/mol. The van der Waals surface area contributed by atoms with Gasteiger partial charge in [-0.15, -0.1) is 11.8 Å². The number of hydrogen-bond acceptors (Lipinski definition) is 2. The van der Waals surface area contributed by atoms with Crippen molar-refractivity contribution in [2.75, 3.05) is 12.4 Å². The fourth-order valence-electron chi connectivity index (χ4n) is 2.22. The lowest BCUT2D eigenvalue weighted by atomic mass is 10.2. The van der Waals surface area contributed by atoms with Gasteiger partial charge < -0.3 is 4.74 Å². The molecule has 1 heterocycles. The summed E-state index contributed by atoms with van der Waals surface area (Å²) in [4.78, 5) is 0. The second-order valence-corrected chi connectivity index (χ2v) is 12.1. The molecule has 3 heteroatoms. The molecule has 0 radical (unpaired) electrons. The molecule has 1 atom stereocenters. The predicted molar refractivity (Wildman–Crippen MR) is 74.5 cm³/mol. The van der Waals surface area contributed by atoms with Gasteiger partial charge in [-0.05, 0) is 17.7 Å². The highest BCUT2D eigenvalue weighted by atomic mass is 32.2. The van der Waals surface area contributed by atoms with E-state index in [2.05, 4.69) is 50.0 Å². The molecule has 0 aromatic heterocycles. The Labute approximate surface area is 104 Å². The first-order valence-corrected chi connectivity index (χ1v) is 10.4. The first-order chi connectivity index (χ1) is 7.56. The third kappa shape index (κ3) is 2.08. The Morgan fingerprint density at radius 1 is 1.19 bits per heavy atom. The SMILES string of the molecule is C[Si](C)(C)C1(c2ccccc2)OCCCS1. The predicted octanol–water partition coefficient (Wildman–Crippen LogP) is 3.87. The zero-order chi connectivity index (χ0) is 11.6. The lowest BCUT2D eigenvalue weighted by Gasteiger charge is -2.45. The Balaban J connectivity index is 2.42. The lowest BCUT2D eigenvalue weighted by molar-refractivity contribution is 0.0671. The molecule has 0 amide bonds. The maximum atomic E-state index is 6.24. The average Bonchev–Trinajstić information content (AvgIpc) is 2.30. The summed E-state index contributed by atoms with van der Waals surface area (Å²) >= 11 is 2.01. The van der Waals surface area contributed by atoms with E-state index >= 15 is 0 Å². The summed E-state index contributed by atoms with van der Waals surface area (Å²) in [6.07, 6.45) is 1.18. The maximum Gasteiger partial charge on any atom is 0.125 e. The second-order valence-electron chi connectivity index (χ2n) is 5.28. The summed E-state index contributed by atoms with van der Waals surface area (Å²) in [6, 6.07) is 10.8. The van der Waals surface area contributed by atoms with E-state index in [0.29, 0.717) is 0 Å². The Morgan fingerprint density at radius 2 is 1.88 bits per heavy atom. The summed E-state index contributed by atoms with van der Waals surface area (Å²) in [7, 11) is -1.41. The van der Waals surface area contributed by atoms with Gasteiger partial charge in [-0.3, -0.25) is 0 Å². The van der Waals surface area contributed by atoms with Crippen molar-refractivity contribution in [3.8, 4) is 0 Å². The van der Waals surface area contributed by atoms with E-state index in [-0.39, 0.29) is 4.56 Å². The first kappa shape index (κ1) is 12.2. The number of rotatable bonds is 2. The van der Waals surface area contributed by atoms with E-state index < -0.39 is 8.07 Å². The van der Waals surface area contributed by atoms with Crippen molar-refractivity contribution in [1.82, 2.24) is 0 Å². The van der Waals surface area contributed by atoms with Crippen molar-refractivity contribution in [1.29, 1.82) is 0 Å². The molecule has 1 unspecified atom stereocenters. The number of hydrogen-bond donors (Lipinski definition) is 0. The molecule has 16 heavy (non-hydrogen) atoms. The molecule has 1 fully saturated rings. The van der Waals surface area contributed by atoms with Crippen molar-refractivity contribution >= 4 is 19.8 Å². The van der Waals surface area contributed by atoms with Crippen LogP contribution >= 0.6 is 11.8 Å². The Bertz CT molecular complexity index is 339. The summed E-state index contributed by atoms with van der Waals surface area (Å²) in [6.45, 7) is 8.11. The molecule has 2 rings (SSSR count). The Kier molecular flexibility index (Phi) is 3.47. The Hall–Kier alpha value is -0.253. The van der Waals surface area contributed by atoms with Crippen molar-refractivity contribution in [2.45, 2.75) is 30.6 Å². The van der Waals surface area contributed by atoms with Crippen molar-refractivity contribution in [3.63, 3.8) is 0 Å². The molecule has 0 bridgehead atoms. The molecule has 1 aliphatic heterocycles. The third-order valence-electron chi connectivity index (χ3n) is 3.04. The van der Waals surface area contributed by atoms with Gasteiger partial charge in [-0.25, -0.2) is 0 Å². The summed E-state index contributed by atoms with van der Waals surface area (Å²) in [5, 5.41) is 0. The minimum absolute atomic E-state index is 0.0352. The van der Waals surface area contributed by atoms with Gasteiger partial charge in [-0.1, -0.05) is 50.0 Å². The van der Waals surface area contributed by atoms with Crippen LogP contribution in [0.15, 0.2) is 30.3 Å². The van der Waals surface area contributed by atoms with Crippen LogP contribution in [0.5, 0.6) is 0 Å². The zero-order valence-electron chi connectivity index (χ0n) is 10.3. The second kappa shape index (κ2) is 4.55. The topological polar surface area (TPSA) is 9.23 Å². The van der Waals surface area contributed by atoms with E-state index in [1.807, 2.05) is 11.8 Å². The molecule has 0 saturated carbocycles. The zero-order valence-corrected chi connectivity index (χ0v) is 12.1. The van der Waals surface area contributed by atoms with Crippen molar-refractivity contribution < 1.29 is 4.74 Å². The van der Waals surface area contributed by atoms with Gasteiger partial charge in [0.05, 0.1) is 0 Å². The molecule has 1 aliphatic rings. The van der Waals surface area contributed by atoms with Crippen LogP contribution in [-0.2, 0) is 9.29 Å². The van der Waals surface area contributed by atoms with E-state index in [9.17, 15) is 0 Å². The van der Waals surface area contributed by atoms with Gasteiger partial charge in [0, 0.05) is 6.61 Å². The van der Waals surface area contributed by atoms with Gasteiger partial charge in [-0.2, -0.15) is 0 Å². The van der Waals surface area contributed by atoms with Crippen LogP contribution in [0.4, 0.5) is 0 Å². The van der Waals surface area contributed by atoms with Gasteiger partial charge >= 0.3 is 0 Å². The molecule has 0 spiro atoms. The van der Waals surface area contributed by atoms with Crippen LogP contribution < -0.4 is 0 Å². The fraction of sp³-hybridized carbons (Fsp3) is 0.538. The normalized spacial score (nSPS) is 26.7. The van der Waals surface area contributed by atoms with E-state index in [0.717, 1.165) is 6.61 Å². The monoisotopic (exact) mass is 252 g/mol. The van der Waals surface area contributed by atoms with Crippen molar-refractivity contribution in [2.24, 2.45) is 0 Å². The molecule has 1 saturated heterocycles. The van der Waals surface area contributed by atoms with E-state index in [1.54, 1.807) is 0 Å². The fourth-order valence-corrected chi connectivity index (χ4v) is 6.85. The highest BCUT2D eigenvalue weighted by molar-refractivity contribution is 8.01. The highest BCUT2D eigenvalue weighted by Crippen LogP contribution is 2.47. The average molecular weight is 252 g/mol.